The van der Waals surface area contributed by atoms with Gasteiger partial charge in [0.1, 0.15) is 0 Å². The molecule has 0 aliphatic rings. The number of nitrogens with one attached hydrogen (secondary N) is 3. The summed E-state index contributed by atoms with van der Waals surface area (Å²) in [6, 6.07) is 12.7. The number of hydrogen-bond acceptors (Lipinski definition) is 10. The number of nitrogens with zero attached hydrogens (tertiary/aromatic N) is 3. The number of esters is 2. The number of aryl methyl sites for hydroxylation is 1. The van der Waals surface area contributed by atoms with Gasteiger partial charge in [0, 0.05) is 45.2 Å². The Morgan fingerprint density at radius 1 is 0.870 bits per heavy atom. The van der Waals surface area contributed by atoms with Crippen LogP contribution in [0.3, 0.4) is 0 Å². The molecule has 46 heavy (non-hydrogen) atoms. The molecular formula is C32H40N6O7S. The second-order valence-corrected chi connectivity index (χ2v) is 12.7. The first kappa shape index (κ1) is 37.4. The van der Waals surface area contributed by atoms with Gasteiger partial charge in [-0.1, -0.05) is 40.7 Å². The summed E-state index contributed by atoms with van der Waals surface area (Å²) >= 11 is -0.750. The molecule has 0 amide bonds. The van der Waals surface area contributed by atoms with Crippen molar-refractivity contribution in [1.29, 1.82) is 0 Å². The van der Waals surface area contributed by atoms with Gasteiger partial charge in [-0.2, -0.15) is 8.42 Å². The number of carbonyl (C=O) groups is 2. The Hall–Kier alpha value is -4.78. The third kappa shape index (κ3) is 8.27. The summed E-state index contributed by atoms with van der Waals surface area (Å²) in [5.74, 6) is -0.274. The summed E-state index contributed by atoms with van der Waals surface area (Å²) in [5.41, 5.74) is 4.70. The number of aromatic nitrogens is 4. The van der Waals surface area contributed by atoms with Crippen molar-refractivity contribution in [3.63, 3.8) is 0 Å². The average molecular weight is 653 g/mol. The van der Waals surface area contributed by atoms with Crippen molar-refractivity contribution < 1.29 is 32.1 Å². The molecule has 13 nitrogen and oxygen atoms in total. The molecule has 0 fully saturated rings. The molecule has 2 aromatic heterocycles. The standard InChI is InChI=1S/C31H40N6O4.CO.O2S/c1-18-11-12-21(32-22-14-19(26(38)40-9)13-20(15-22)27(39)41-10)16-23(18)33-31(7,8)30(5,6)28-35-34-25-17-24(29(2,3)4)36-37(25)28;1-2;1-3-2/h11-17,32-33,36H,1-10H3;;. The molecule has 0 radical (unpaired) electrons. The van der Waals surface area contributed by atoms with E-state index in [1.165, 1.54) is 20.3 Å². The Morgan fingerprint density at radius 2 is 1.41 bits per heavy atom. The molecule has 14 heteroatoms. The number of carbonyl (C=O) groups excluding carboxylic acids is 2. The quantitative estimate of drug-likeness (QED) is 0.126. The van der Waals surface area contributed by atoms with Gasteiger partial charge in [0.25, 0.3) is 0 Å². The van der Waals surface area contributed by atoms with Gasteiger partial charge in [0.2, 0.25) is 0 Å². The molecule has 0 spiro atoms. The zero-order valence-corrected chi connectivity index (χ0v) is 28.5. The zero-order chi connectivity index (χ0) is 35.0. The summed E-state index contributed by atoms with van der Waals surface area (Å²) in [7, 11) is 2.59. The molecule has 0 atom stereocenters. The summed E-state index contributed by atoms with van der Waals surface area (Å²) < 4.78 is 35.8. The fraction of sp³-hybridized carbons (Fsp3) is 0.406. The predicted octanol–water partition coefficient (Wildman–Crippen LogP) is 5.44. The van der Waals surface area contributed by atoms with Gasteiger partial charge in [-0.25, -0.2) is 14.1 Å². The number of aromatic amines is 1. The molecule has 4 rings (SSSR count). The Kier molecular flexibility index (Phi) is 12.2. The van der Waals surface area contributed by atoms with Crippen molar-refractivity contribution in [2.75, 3.05) is 24.9 Å². The minimum absolute atomic E-state index is 0.0472. The minimum atomic E-state index is -0.750. The van der Waals surface area contributed by atoms with Crippen LogP contribution in [0, 0.1) is 13.6 Å². The number of H-pyrrole nitrogens is 1. The summed E-state index contributed by atoms with van der Waals surface area (Å²) in [5, 5.41) is 19.6. The summed E-state index contributed by atoms with van der Waals surface area (Å²) in [6.07, 6.45) is 0. The molecular weight excluding hydrogens is 612 g/mol. The Morgan fingerprint density at radius 3 is 1.91 bits per heavy atom. The number of anilines is 3. The van der Waals surface area contributed by atoms with Gasteiger partial charge in [-0.3, -0.25) is 5.10 Å². The summed E-state index contributed by atoms with van der Waals surface area (Å²) in [4.78, 5) is 24.5. The maximum absolute atomic E-state index is 12.2. The first-order chi connectivity index (χ1) is 21.5. The van der Waals surface area contributed by atoms with Gasteiger partial charge < -0.3 is 20.1 Å². The van der Waals surface area contributed by atoms with Crippen LogP contribution in [-0.4, -0.2) is 59.9 Å². The number of hydrogen-bond donors (Lipinski definition) is 3. The fourth-order valence-electron chi connectivity index (χ4n) is 4.52. The molecule has 0 aliphatic heterocycles. The van der Waals surface area contributed by atoms with Crippen molar-refractivity contribution in [1.82, 2.24) is 19.8 Å². The van der Waals surface area contributed by atoms with Gasteiger partial charge >= 0.3 is 34.8 Å². The van der Waals surface area contributed by atoms with Crippen LogP contribution in [0.2, 0.25) is 0 Å². The van der Waals surface area contributed by atoms with E-state index in [-0.39, 0.29) is 16.5 Å². The van der Waals surface area contributed by atoms with Crippen molar-refractivity contribution in [2.45, 2.75) is 71.8 Å². The molecule has 0 saturated heterocycles. The van der Waals surface area contributed by atoms with Crippen LogP contribution in [-0.2, 0) is 36.5 Å². The third-order valence-corrected chi connectivity index (χ3v) is 7.87. The fourth-order valence-corrected chi connectivity index (χ4v) is 4.52. The van der Waals surface area contributed by atoms with E-state index in [9.17, 15) is 9.59 Å². The van der Waals surface area contributed by atoms with Crippen molar-refractivity contribution >= 4 is 46.2 Å². The second-order valence-electron chi connectivity index (χ2n) is 12.5. The molecule has 3 N–H and O–H groups in total. The molecule has 0 saturated carbocycles. The number of rotatable bonds is 8. The van der Waals surface area contributed by atoms with E-state index in [2.05, 4.69) is 81.0 Å². The maximum atomic E-state index is 12.2. The van der Waals surface area contributed by atoms with E-state index in [0.717, 1.165) is 34.1 Å². The van der Waals surface area contributed by atoms with Crippen LogP contribution in [0.5, 0.6) is 0 Å². The molecule has 2 aromatic carbocycles. The Labute approximate surface area is 271 Å². The Balaban J connectivity index is 0.00000139. The Bertz CT molecular complexity index is 1730. The van der Waals surface area contributed by atoms with Crippen LogP contribution in [0.4, 0.5) is 17.1 Å². The first-order valence-corrected chi connectivity index (χ1v) is 14.7. The van der Waals surface area contributed by atoms with Gasteiger partial charge in [-0.15, -0.1) is 10.2 Å². The molecule has 0 bridgehead atoms. The van der Waals surface area contributed by atoms with Gasteiger partial charge in [0.05, 0.1) is 25.3 Å². The number of fused-ring (bicyclic) bond motifs is 1. The average Bonchev–Trinajstić information content (AvgIpc) is 3.61. The molecule has 2 heterocycles. The third-order valence-electron chi connectivity index (χ3n) is 7.87. The van der Waals surface area contributed by atoms with Crippen LogP contribution in [0.1, 0.15) is 86.3 Å². The normalized spacial score (nSPS) is 11.3. The number of benzene rings is 2. The monoisotopic (exact) mass is 652 g/mol. The van der Waals surface area contributed by atoms with Crippen molar-refractivity contribution in [3.8, 4) is 0 Å². The van der Waals surface area contributed by atoms with E-state index in [0.29, 0.717) is 5.69 Å². The van der Waals surface area contributed by atoms with E-state index < -0.39 is 34.5 Å². The number of methoxy groups -OCH3 is 2. The van der Waals surface area contributed by atoms with Crippen molar-refractivity contribution in [3.05, 3.63) is 77.3 Å². The topological polar surface area (TPSA) is 177 Å². The molecule has 246 valence electrons. The zero-order valence-electron chi connectivity index (χ0n) is 27.6. The van der Waals surface area contributed by atoms with E-state index >= 15 is 0 Å². The first-order valence-electron chi connectivity index (χ1n) is 14.0. The van der Waals surface area contributed by atoms with Crippen molar-refractivity contribution in [2.24, 2.45) is 0 Å². The SMILES string of the molecule is COC(=O)c1cc(Nc2ccc(C)c(NC(C)(C)C(C)(C)c3nnc4cc(C(C)(C)C)[nH]n34)c2)cc(C(=O)OC)c1.O=S=O.[C-]#[O+]. The van der Waals surface area contributed by atoms with E-state index in [1.54, 1.807) is 12.1 Å². The van der Waals surface area contributed by atoms with Crippen LogP contribution < -0.4 is 10.6 Å². The summed E-state index contributed by atoms with van der Waals surface area (Å²) in [6.45, 7) is 21.6. The predicted molar refractivity (Wildman–Crippen MR) is 173 cm³/mol. The second kappa shape index (κ2) is 15.0. The molecule has 0 aliphatic carbocycles. The van der Waals surface area contributed by atoms with E-state index in [4.69, 9.17) is 22.5 Å². The number of ether oxygens (including phenoxy) is 2. The van der Waals surface area contributed by atoms with E-state index in [1.807, 2.05) is 35.7 Å². The van der Waals surface area contributed by atoms with Crippen LogP contribution in [0.15, 0.2) is 42.5 Å². The van der Waals surface area contributed by atoms with Gasteiger partial charge in [0.15, 0.2) is 11.5 Å². The molecule has 4 aromatic rings. The van der Waals surface area contributed by atoms with Crippen LogP contribution in [0.25, 0.3) is 5.65 Å². The van der Waals surface area contributed by atoms with Gasteiger partial charge in [-0.05, 0) is 56.7 Å². The molecule has 0 unspecified atom stereocenters. The van der Waals surface area contributed by atoms with Crippen LogP contribution >= 0.6 is 0 Å².